The first kappa shape index (κ1) is 29.4. The van der Waals surface area contributed by atoms with Gasteiger partial charge in [-0.1, -0.05) is 36.4 Å². The van der Waals surface area contributed by atoms with Crippen LogP contribution in [0.25, 0.3) is 0 Å². The predicted molar refractivity (Wildman–Crippen MR) is 154 cm³/mol. The summed E-state index contributed by atoms with van der Waals surface area (Å²) in [5.74, 6) is -0.391. The minimum absolute atomic E-state index is 0.110. The number of aromatic hydroxyl groups is 1. The molecule has 1 fully saturated rings. The Labute approximate surface area is 237 Å². The van der Waals surface area contributed by atoms with Gasteiger partial charge in [0.1, 0.15) is 22.9 Å². The molecule has 1 heterocycles. The van der Waals surface area contributed by atoms with Crippen molar-refractivity contribution >= 4 is 17.9 Å². The van der Waals surface area contributed by atoms with Gasteiger partial charge in [0.25, 0.3) is 0 Å². The third-order valence-electron chi connectivity index (χ3n) is 8.14. The van der Waals surface area contributed by atoms with Crippen molar-refractivity contribution in [3.05, 3.63) is 65.2 Å². The first-order valence-corrected chi connectivity index (χ1v) is 14.3. The number of phenols is 1. The van der Waals surface area contributed by atoms with Crippen molar-refractivity contribution in [2.45, 2.75) is 95.7 Å². The van der Waals surface area contributed by atoms with E-state index in [4.69, 9.17) is 4.74 Å². The number of carbonyl (C=O) groups is 3. The van der Waals surface area contributed by atoms with E-state index in [1.54, 1.807) is 46.8 Å². The molecule has 8 heteroatoms. The zero-order valence-electron chi connectivity index (χ0n) is 24.4. The molecular formula is C32H43N3O5. The minimum Gasteiger partial charge on any atom is -0.508 e. The van der Waals surface area contributed by atoms with Crippen LogP contribution in [0, 0.1) is 0 Å². The van der Waals surface area contributed by atoms with E-state index in [-0.39, 0.29) is 17.1 Å². The van der Waals surface area contributed by atoms with Gasteiger partial charge in [0.15, 0.2) is 0 Å². The summed E-state index contributed by atoms with van der Waals surface area (Å²) in [6, 6.07) is 14.7. The van der Waals surface area contributed by atoms with Gasteiger partial charge < -0.3 is 25.4 Å². The highest BCUT2D eigenvalue weighted by Crippen LogP contribution is 2.46. The molecule has 0 saturated carbocycles. The molecular weight excluding hydrogens is 506 g/mol. The Bertz CT molecular complexity index is 1220. The molecule has 1 aliphatic carbocycles. The van der Waals surface area contributed by atoms with E-state index in [0.717, 1.165) is 31.2 Å². The van der Waals surface area contributed by atoms with Crippen molar-refractivity contribution in [1.29, 1.82) is 0 Å². The number of nitrogens with one attached hydrogen (secondary N) is 2. The number of aryl methyl sites for hydroxylation is 2. The fourth-order valence-corrected chi connectivity index (χ4v) is 5.84. The van der Waals surface area contributed by atoms with E-state index in [1.807, 2.05) is 17.0 Å². The standard InChI is InChI=1S/C32H43N3O5/c1-30(2,3)40-29(39)34-31(4,5)28(38)33-26(15-12-22-10-13-24(36)14-11-22)27(37)35-20-18-32(19-21-35)17-16-23-8-6-7-9-25(23)32/h6-11,13-14,26,36H,12,15-21H2,1-5H3,(H,33,38)(H,34,39)/t26-/m1/s1. The van der Waals surface area contributed by atoms with Crippen LogP contribution in [0.1, 0.15) is 77.0 Å². The number of alkyl carbamates (subject to hydrolysis) is 1. The number of carbonyl (C=O) groups excluding carboxylic acids is 3. The van der Waals surface area contributed by atoms with E-state index in [9.17, 15) is 19.5 Å². The molecule has 3 N–H and O–H groups in total. The summed E-state index contributed by atoms with van der Waals surface area (Å²) >= 11 is 0. The molecule has 216 valence electrons. The second kappa shape index (κ2) is 11.5. The topological polar surface area (TPSA) is 108 Å². The van der Waals surface area contributed by atoms with Crippen molar-refractivity contribution < 1.29 is 24.2 Å². The van der Waals surface area contributed by atoms with Gasteiger partial charge in [-0.25, -0.2) is 4.79 Å². The lowest BCUT2D eigenvalue weighted by Crippen LogP contribution is -2.60. The third kappa shape index (κ3) is 6.95. The summed E-state index contributed by atoms with van der Waals surface area (Å²) in [5.41, 5.74) is 1.92. The maximum absolute atomic E-state index is 13.9. The smallest absolute Gasteiger partial charge is 0.408 e. The molecule has 1 atom stereocenters. The zero-order valence-corrected chi connectivity index (χ0v) is 24.4. The Kier molecular flexibility index (Phi) is 8.47. The maximum Gasteiger partial charge on any atom is 0.408 e. The molecule has 1 spiro atoms. The van der Waals surface area contributed by atoms with Crippen LogP contribution in [0.3, 0.4) is 0 Å². The molecule has 4 rings (SSSR count). The van der Waals surface area contributed by atoms with E-state index >= 15 is 0 Å². The average Bonchev–Trinajstić information content (AvgIpc) is 3.24. The van der Waals surface area contributed by atoms with Crippen molar-refractivity contribution in [3.8, 4) is 5.75 Å². The number of fused-ring (bicyclic) bond motifs is 2. The molecule has 0 aromatic heterocycles. The summed E-state index contributed by atoms with van der Waals surface area (Å²) in [6.45, 7) is 9.72. The Hall–Kier alpha value is -3.55. The number of ether oxygens (including phenoxy) is 1. The molecule has 2 aliphatic rings. The lowest BCUT2D eigenvalue weighted by Gasteiger charge is -2.41. The van der Waals surface area contributed by atoms with Crippen LogP contribution in [0.5, 0.6) is 5.75 Å². The zero-order chi connectivity index (χ0) is 29.1. The predicted octanol–water partition coefficient (Wildman–Crippen LogP) is 4.62. The fraction of sp³-hybridized carbons (Fsp3) is 0.531. The summed E-state index contributed by atoms with van der Waals surface area (Å²) in [6.07, 6.45) is 4.23. The highest BCUT2D eigenvalue weighted by Gasteiger charge is 2.43. The lowest BCUT2D eigenvalue weighted by atomic mass is 9.74. The second-order valence-corrected chi connectivity index (χ2v) is 12.7. The molecule has 1 saturated heterocycles. The number of hydrogen-bond donors (Lipinski definition) is 3. The fourth-order valence-electron chi connectivity index (χ4n) is 5.84. The monoisotopic (exact) mass is 549 g/mol. The SMILES string of the molecule is CC(C)(C)OC(=O)NC(C)(C)C(=O)N[C@H](CCc1ccc(O)cc1)C(=O)N1CCC2(CCc3ccccc32)CC1. The van der Waals surface area contributed by atoms with Crippen molar-refractivity contribution in [2.75, 3.05) is 13.1 Å². The van der Waals surface area contributed by atoms with E-state index in [1.165, 1.54) is 11.1 Å². The Morgan fingerprint density at radius 1 is 0.975 bits per heavy atom. The number of benzene rings is 2. The molecule has 8 nitrogen and oxygen atoms in total. The molecule has 2 aromatic rings. The van der Waals surface area contributed by atoms with Crippen LogP contribution >= 0.6 is 0 Å². The van der Waals surface area contributed by atoms with Crippen molar-refractivity contribution in [3.63, 3.8) is 0 Å². The number of piperidine rings is 1. The molecule has 1 aliphatic heterocycles. The summed E-state index contributed by atoms with van der Waals surface area (Å²) in [4.78, 5) is 41.5. The van der Waals surface area contributed by atoms with E-state index in [2.05, 4.69) is 34.9 Å². The second-order valence-electron chi connectivity index (χ2n) is 12.7. The first-order valence-electron chi connectivity index (χ1n) is 14.3. The van der Waals surface area contributed by atoms with Crippen LogP contribution in [0.2, 0.25) is 0 Å². The van der Waals surface area contributed by atoms with Gasteiger partial charge in [-0.2, -0.15) is 0 Å². The normalized spacial score (nSPS) is 17.2. The number of phenolic OH excluding ortho intramolecular Hbond substituents is 1. The molecule has 40 heavy (non-hydrogen) atoms. The minimum atomic E-state index is -1.29. The quantitative estimate of drug-likeness (QED) is 0.467. The van der Waals surface area contributed by atoms with E-state index < -0.39 is 29.2 Å². The molecule has 0 bridgehead atoms. The largest absolute Gasteiger partial charge is 0.508 e. The van der Waals surface area contributed by atoms with Crippen LogP contribution in [0.15, 0.2) is 48.5 Å². The van der Waals surface area contributed by atoms with Gasteiger partial charge in [-0.15, -0.1) is 0 Å². The maximum atomic E-state index is 13.9. The van der Waals surface area contributed by atoms with Crippen LogP contribution in [0.4, 0.5) is 4.79 Å². The van der Waals surface area contributed by atoms with Crippen LogP contribution in [-0.2, 0) is 32.6 Å². The number of rotatable bonds is 7. The van der Waals surface area contributed by atoms with Crippen molar-refractivity contribution in [1.82, 2.24) is 15.5 Å². The average molecular weight is 550 g/mol. The number of hydrogen-bond acceptors (Lipinski definition) is 5. The number of nitrogens with zero attached hydrogens (tertiary/aromatic N) is 1. The van der Waals surface area contributed by atoms with Crippen LogP contribution < -0.4 is 10.6 Å². The van der Waals surface area contributed by atoms with Gasteiger partial charge in [-0.05, 0) is 107 Å². The van der Waals surface area contributed by atoms with E-state index in [0.29, 0.717) is 25.9 Å². The Balaban J connectivity index is 1.45. The number of likely N-dealkylation sites (tertiary alicyclic amines) is 1. The number of amides is 3. The van der Waals surface area contributed by atoms with Gasteiger partial charge in [0.05, 0.1) is 0 Å². The molecule has 2 aromatic carbocycles. The third-order valence-corrected chi connectivity index (χ3v) is 8.14. The highest BCUT2D eigenvalue weighted by atomic mass is 16.6. The molecule has 0 radical (unpaired) electrons. The van der Waals surface area contributed by atoms with Gasteiger partial charge >= 0.3 is 6.09 Å². The Morgan fingerprint density at radius 3 is 2.27 bits per heavy atom. The first-order chi connectivity index (χ1) is 18.8. The molecule has 3 amide bonds. The summed E-state index contributed by atoms with van der Waals surface area (Å²) < 4.78 is 5.33. The summed E-state index contributed by atoms with van der Waals surface area (Å²) in [7, 11) is 0. The summed E-state index contributed by atoms with van der Waals surface area (Å²) in [5, 5.41) is 15.2. The molecule has 0 unspecified atom stereocenters. The van der Waals surface area contributed by atoms with Gasteiger partial charge in [0.2, 0.25) is 11.8 Å². The van der Waals surface area contributed by atoms with Crippen molar-refractivity contribution in [2.24, 2.45) is 0 Å². The van der Waals surface area contributed by atoms with Gasteiger partial charge in [0, 0.05) is 13.1 Å². The Morgan fingerprint density at radius 2 is 1.62 bits per heavy atom. The van der Waals surface area contributed by atoms with Gasteiger partial charge in [-0.3, -0.25) is 9.59 Å². The van der Waals surface area contributed by atoms with Crippen LogP contribution in [-0.4, -0.2) is 58.2 Å². The lowest BCUT2D eigenvalue weighted by molar-refractivity contribution is -0.139. The highest BCUT2D eigenvalue weighted by molar-refractivity contribution is 5.93.